The number of imidazole rings is 1. The highest BCUT2D eigenvalue weighted by Crippen LogP contribution is 2.23. The van der Waals surface area contributed by atoms with Gasteiger partial charge < -0.3 is 9.88 Å². The maximum absolute atomic E-state index is 4.21. The fourth-order valence-corrected chi connectivity index (χ4v) is 1.80. The van der Waals surface area contributed by atoms with Crippen LogP contribution in [0.2, 0.25) is 0 Å². The van der Waals surface area contributed by atoms with E-state index in [1.807, 2.05) is 24.8 Å². The molecule has 76 valence electrons. The molecule has 1 N–H and O–H groups in total. The lowest BCUT2D eigenvalue weighted by molar-refractivity contribution is 0.346. The molecule has 4 nitrogen and oxygen atoms in total. The highest BCUT2D eigenvalue weighted by Gasteiger charge is 2.20. The van der Waals surface area contributed by atoms with E-state index in [0.29, 0.717) is 6.04 Å². The van der Waals surface area contributed by atoms with Gasteiger partial charge in [-0.2, -0.15) is 0 Å². The second-order valence-corrected chi connectivity index (χ2v) is 3.74. The van der Waals surface area contributed by atoms with Gasteiger partial charge in [0.25, 0.3) is 0 Å². The Morgan fingerprint density at radius 3 is 2.87 bits per heavy atom. The maximum Gasteiger partial charge on any atom is 0.0954 e. The summed E-state index contributed by atoms with van der Waals surface area (Å²) in [7, 11) is 0. The standard InChI is InChI=1S/C11H12N4/c1-2-9(4-12-3-1)11-7-14-8-15(11)10-5-13-6-10/h1-4,7-8,10,13H,5-6H2. The van der Waals surface area contributed by atoms with Crippen molar-refractivity contribution in [1.82, 2.24) is 19.9 Å². The SMILES string of the molecule is c1cncc(-c2cncn2C2CNC2)c1. The molecule has 2 aromatic rings. The van der Waals surface area contributed by atoms with Gasteiger partial charge in [-0.1, -0.05) is 0 Å². The van der Waals surface area contributed by atoms with Gasteiger partial charge in [-0.15, -0.1) is 0 Å². The number of aromatic nitrogens is 3. The Morgan fingerprint density at radius 2 is 2.20 bits per heavy atom. The molecule has 0 saturated carbocycles. The van der Waals surface area contributed by atoms with Crippen LogP contribution in [0.4, 0.5) is 0 Å². The second-order valence-electron chi connectivity index (χ2n) is 3.74. The summed E-state index contributed by atoms with van der Waals surface area (Å²) in [5.74, 6) is 0. The first kappa shape index (κ1) is 8.61. The number of nitrogens with one attached hydrogen (secondary N) is 1. The summed E-state index contributed by atoms with van der Waals surface area (Å²) in [5.41, 5.74) is 2.27. The first-order chi connectivity index (χ1) is 7.45. The second kappa shape index (κ2) is 3.47. The molecule has 0 amide bonds. The minimum atomic E-state index is 0.544. The van der Waals surface area contributed by atoms with Crippen molar-refractivity contribution in [3.8, 4) is 11.3 Å². The molecule has 0 aromatic carbocycles. The third-order valence-corrected chi connectivity index (χ3v) is 2.78. The van der Waals surface area contributed by atoms with E-state index >= 15 is 0 Å². The van der Waals surface area contributed by atoms with Crippen LogP contribution in [0.15, 0.2) is 37.1 Å². The number of nitrogens with zero attached hydrogens (tertiary/aromatic N) is 3. The third-order valence-electron chi connectivity index (χ3n) is 2.78. The molecule has 2 aromatic heterocycles. The molecule has 1 fully saturated rings. The summed E-state index contributed by atoms with van der Waals surface area (Å²) in [4.78, 5) is 8.34. The topological polar surface area (TPSA) is 42.7 Å². The molecule has 1 aliphatic rings. The molecule has 0 spiro atoms. The van der Waals surface area contributed by atoms with E-state index in [-0.39, 0.29) is 0 Å². The van der Waals surface area contributed by atoms with Gasteiger partial charge in [0.1, 0.15) is 0 Å². The molecule has 0 bridgehead atoms. The number of hydrogen-bond donors (Lipinski definition) is 1. The molecule has 0 aliphatic carbocycles. The Hall–Kier alpha value is -1.68. The van der Waals surface area contributed by atoms with E-state index in [4.69, 9.17) is 0 Å². The minimum Gasteiger partial charge on any atom is -0.325 e. The zero-order valence-electron chi connectivity index (χ0n) is 8.30. The summed E-state index contributed by atoms with van der Waals surface area (Å²) in [5, 5.41) is 3.26. The van der Waals surface area contributed by atoms with Gasteiger partial charge >= 0.3 is 0 Å². The minimum absolute atomic E-state index is 0.544. The van der Waals surface area contributed by atoms with E-state index in [1.165, 1.54) is 0 Å². The van der Waals surface area contributed by atoms with Gasteiger partial charge in [0, 0.05) is 31.0 Å². The van der Waals surface area contributed by atoms with Crippen LogP contribution >= 0.6 is 0 Å². The van der Waals surface area contributed by atoms with Gasteiger partial charge in [0.2, 0.25) is 0 Å². The van der Waals surface area contributed by atoms with Crippen LogP contribution in [0.25, 0.3) is 11.3 Å². The number of hydrogen-bond acceptors (Lipinski definition) is 3. The molecule has 1 saturated heterocycles. The van der Waals surface area contributed by atoms with E-state index in [0.717, 1.165) is 24.3 Å². The Labute approximate surface area is 88.0 Å². The molecule has 0 radical (unpaired) electrons. The third kappa shape index (κ3) is 1.43. The molecular weight excluding hydrogens is 188 g/mol. The van der Waals surface area contributed by atoms with E-state index in [2.05, 4.69) is 25.9 Å². The van der Waals surface area contributed by atoms with E-state index in [1.54, 1.807) is 6.20 Å². The molecular formula is C11H12N4. The fraction of sp³-hybridized carbons (Fsp3) is 0.273. The normalized spacial score (nSPS) is 16.3. The highest BCUT2D eigenvalue weighted by atomic mass is 15.2. The van der Waals surface area contributed by atoms with Crippen LogP contribution < -0.4 is 5.32 Å². The first-order valence-corrected chi connectivity index (χ1v) is 5.08. The van der Waals surface area contributed by atoms with Crippen molar-refractivity contribution < 1.29 is 0 Å². The monoisotopic (exact) mass is 200 g/mol. The molecule has 0 atom stereocenters. The Morgan fingerprint density at radius 1 is 1.27 bits per heavy atom. The van der Waals surface area contributed by atoms with Crippen molar-refractivity contribution in [2.75, 3.05) is 13.1 Å². The lowest BCUT2D eigenvalue weighted by atomic mass is 10.1. The van der Waals surface area contributed by atoms with Gasteiger partial charge in [-0.3, -0.25) is 4.98 Å². The van der Waals surface area contributed by atoms with Crippen LogP contribution in [-0.4, -0.2) is 27.6 Å². The van der Waals surface area contributed by atoms with Crippen molar-refractivity contribution >= 4 is 0 Å². The van der Waals surface area contributed by atoms with Crippen molar-refractivity contribution in [3.05, 3.63) is 37.1 Å². The predicted octanol–water partition coefficient (Wildman–Crippen LogP) is 1.09. The quantitative estimate of drug-likeness (QED) is 0.789. The van der Waals surface area contributed by atoms with Crippen LogP contribution in [0.5, 0.6) is 0 Å². The fourth-order valence-electron chi connectivity index (χ4n) is 1.80. The van der Waals surface area contributed by atoms with Gasteiger partial charge in [-0.25, -0.2) is 4.98 Å². The van der Waals surface area contributed by atoms with Crippen molar-refractivity contribution in [3.63, 3.8) is 0 Å². The molecule has 3 heterocycles. The largest absolute Gasteiger partial charge is 0.325 e. The van der Waals surface area contributed by atoms with Gasteiger partial charge in [-0.05, 0) is 12.1 Å². The van der Waals surface area contributed by atoms with Crippen LogP contribution in [0, 0.1) is 0 Å². The summed E-state index contributed by atoms with van der Waals surface area (Å²) < 4.78 is 2.22. The number of rotatable bonds is 2. The Bertz CT molecular complexity index is 445. The molecule has 3 rings (SSSR count). The lowest BCUT2D eigenvalue weighted by Gasteiger charge is -2.29. The average Bonchev–Trinajstić information content (AvgIpc) is 2.65. The smallest absolute Gasteiger partial charge is 0.0954 e. The maximum atomic E-state index is 4.21. The van der Waals surface area contributed by atoms with Crippen LogP contribution in [0.3, 0.4) is 0 Å². The molecule has 1 aliphatic heterocycles. The van der Waals surface area contributed by atoms with Crippen molar-refractivity contribution in [1.29, 1.82) is 0 Å². The van der Waals surface area contributed by atoms with Crippen molar-refractivity contribution in [2.45, 2.75) is 6.04 Å². The van der Waals surface area contributed by atoms with E-state index < -0.39 is 0 Å². The Balaban J connectivity index is 2.01. The van der Waals surface area contributed by atoms with Gasteiger partial charge in [0.15, 0.2) is 0 Å². The Kier molecular flexibility index (Phi) is 1.99. The zero-order valence-corrected chi connectivity index (χ0v) is 8.30. The average molecular weight is 200 g/mol. The van der Waals surface area contributed by atoms with Crippen LogP contribution in [0.1, 0.15) is 6.04 Å². The molecule has 4 heteroatoms. The zero-order chi connectivity index (χ0) is 10.1. The summed E-state index contributed by atoms with van der Waals surface area (Å²) in [6.07, 6.45) is 7.46. The molecule has 0 unspecified atom stereocenters. The van der Waals surface area contributed by atoms with Gasteiger partial charge in [0.05, 0.1) is 24.3 Å². The first-order valence-electron chi connectivity index (χ1n) is 5.08. The van der Waals surface area contributed by atoms with Crippen molar-refractivity contribution in [2.24, 2.45) is 0 Å². The number of pyridine rings is 1. The lowest BCUT2D eigenvalue weighted by Crippen LogP contribution is -2.43. The predicted molar refractivity (Wildman–Crippen MR) is 57.4 cm³/mol. The van der Waals surface area contributed by atoms with E-state index in [9.17, 15) is 0 Å². The summed E-state index contributed by atoms with van der Waals surface area (Å²) in [6, 6.07) is 4.56. The van der Waals surface area contributed by atoms with Crippen LogP contribution in [-0.2, 0) is 0 Å². The summed E-state index contributed by atoms with van der Waals surface area (Å²) >= 11 is 0. The molecule has 15 heavy (non-hydrogen) atoms. The summed E-state index contributed by atoms with van der Waals surface area (Å²) in [6.45, 7) is 2.06. The highest BCUT2D eigenvalue weighted by molar-refractivity contribution is 5.57.